The first-order chi connectivity index (χ1) is 16.8. The Kier molecular flexibility index (Phi) is 3.67. The zero-order valence-corrected chi connectivity index (χ0v) is 17.6. The van der Waals surface area contributed by atoms with Gasteiger partial charge in [-0.2, -0.15) is 4.52 Å². The van der Waals surface area contributed by atoms with Gasteiger partial charge in [0.2, 0.25) is 0 Å². The number of hydrogen-bond acceptors (Lipinski definition) is 7. The first-order valence-electron chi connectivity index (χ1n) is 12.6. The van der Waals surface area contributed by atoms with E-state index in [9.17, 15) is 4.79 Å². The molecule has 2 aliphatic heterocycles. The lowest BCUT2D eigenvalue weighted by molar-refractivity contribution is 0.159. The van der Waals surface area contributed by atoms with Crippen LogP contribution in [0, 0.1) is 20.8 Å². The van der Waals surface area contributed by atoms with Crippen molar-refractivity contribution in [2.24, 2.45) is 0 Å². The largest absolute Gasteiger partial charge is 0.490 e. The average molecular weight is 428 g/mol. The molecule has 0 unspecified atom stereocenters. The van der Waals surface area contributed by atoms with Crippen LogP contribution in [0.5, 0.6) is 17.2 Å². The highest BCUT2D eigenvalue weighted by Gasteiger charge is 2.24. The van der Waals surface area contributed by atoms with Crippen LogP contribution in [0.4, 0.5) is 5.82 Å². The molecule has 3 aromatic rings. The molecule has 2 aromatic heterocycles. The molecule has 0 radical (unpaired) electrons. The topological polar surface area (TPSA) is 78.2 Å². The van der Waals surface area contributed by atoms with Crippen LogP contribution < -0.4 is 24.7 Å². The summed E-state index contributed by atoms with van der Waals surface area (Å²) in [5.74, 6) is 1.02. The molecule has 4 heterocycles. The SMILES string of the molecule is [2H]C1(Oc2ccc3c(c2)OC([2H])([2H])C([2H])([2H])O3)CCN(c2nn3c(=O)c(C)c(C)nc3cc2C)CC1. The van der Waals surface area contributed by atoms with Crippen molar-refractivity contribution in [1.29, 1.82) is 0 Å². The van der Waals surface area contributed by atoms with Crippen LogP contribution in [-0.2, 0) is 0 Å². The molecule has 0 amide bonds. The highest BCUT2D eigenvalue weighted by molar-refractivity contribution is 5.53. The van der Waals surface area contributed by atoms with E-state index in [1.165, 1.54) is 16.6 Å². The Morgan fingerprint density at radius 3 is 2.65 bits per heavy atom. The van der Waals surface area contributed by atoms with Crippen molar-refractivity contribution >= 4 is 11.5 Å². The van der Waals surface area contributed by atoms with Crippen LogP contribution in [0.3, 0.4) is 0 Å². The summed E-state index contributed by atoms with van der Waals surface area (Å²) in [4.78, 5) is 19.2. The summed E-state index contributed by atoms with van der Waals surface area (Å²) in [7, 11) is 0. The van der Waals surface area contributed by atoms with Gasteiger partial charge in [-0.1, -0.05) is 0 Å². The molecule has 2 aliphatic rings. The first kappa shape index (κ1) is 14.7. The molecule has 0 saturated carbocycles. The lowest BCUT2D eigenvalue weighted by Gasteiger charge is -2.33. The number of rotatable bonds is 3. The summed E-state index contributed by atoms with van der Waals surface area (Å²) < 4.78 is 57.3. The summed E-state index contributed by atoms with van der Waals surface area (Å²) >= 11 is 0. The third-order valence-electron chi connectivity index (χ3n) is 5.61. The molecule has 0 aliphatic carbocycles. The van der Waals surface area contributed by atoms with Crippen LogP contribution in [0.2, 0.25) is 0 Å². The van der Waals surface area contributed by atoms with E-state index in [-0.39, 0.29) is 17.1 Å². The predicted octanol–water partition coefficient (Wildman–Crippen LogP) is 2.83. The molecule has 8 nitrogen and oxygen atoms in total. The van der Waals surface area contributed by atoms with Crippen molar-refractivity contribution < 1.29 is 21.1 Å². The van der Waals surface area contributed by atoms with Gasteiger partial charge >= 0.3 is 0 Å². The lowest BCUT2D eigenvalue weighted by atomic mass is 10.1. The summed E-state index contributed by atoms with van der Waals surface area (Å²) in [6.07, 6.45) is -0.543. The van der Waals surface area contributed by atoms with Gasteiger partial charge < -0.3 is 19.1 Å². The van der Waals surface area contributed by atoms with E-state index < -0.39 is 19.2 Å². The zero-order valence-electron chi connectivity index (χ0n) is 22.6. The number of ether oxygens (including phenoxy) is 3. The van der Waals surface area contributed by atoms with Crippen molar-refractivity contribution in [2.75, 3.05) is 31.1 Å². The second-order valence-electron chi connectivity index (χ2n) is 7.69. The zero-order chi connectivity index (χ0) is 26.0. The predicted molar refractivity (Wildman–Crippen MR) is 117 cm³/mol. The van der Waals surface area contributed by atoms with Crippen LogP contribution in [0.1, 0.15) is 36.5 Å². The molecule has 0 spiro atoms. The minimum absolute atomic E-state index is 0.00855. The monoisotopic (exact) mass is 427 g/mol. The Bertz CT molecular complexity index is 1420. The van der Waals surface area contributed by atoms with Crippen LogP contribution in [0.15, 0.2) is 29.1 Å². The van der Waals surface area contributed by atoms with Gasteiger partial charge in [-0.15, -0.1) is 5.10 Å². The quantitative estimate of drug-likeness (QED) is 0.636. The van der Waals surface area contributed by atoms with Crippen molar-refractivity contribution in [3.63, 3.8) is 0 Å². The van der Waals surface area contributed by atoms with E-state index in [4.69, 9.17) is 21.1 Å². The van der Waals surface area contributed by atoms with Gasteiger partial charge in [0.25, 0.3) is 5.56 Å². The maximum atomic E-state index is 12.7. The van der Waals surface area contributed by atoms with Gasteiger partial charge in [-0.3, -0.25) is 4.79 Å². The molecule has 31 heavy (non-hydrogen) atoms. The molecule has 162 valence electrons. The average Bonchev–Trinajstić information content (AvgIpc) is 2.79. The van der Waals surface area contributed by atoms with Crippen molar-refractivity contribution in [2.45, 2.75) is 39.7 Å². The normalized spacial score (nSPS) is 23.2. The molecule has 1 saturated heterocycles. The highest BCUT2D eigenvalue weighted by atomic mass is 16.6. The minimum atomic E-state index is -2.68. The van der Waals surface area contributed by atoms with E-state index in [1.807, 2.05) is 17.9 Å². The van der Waals surface area contributed by atoms with E-state index in [1.54, 1.807) is 19.9 Å². The summed E-state index contributed by atoms with van der Waals surface area (Å²) in [5.41, 5.74) is 2.40. The molecule has 1 fully saturated rings. The molecule has 5 rings (SSSR count). The van der Waals surface area contributed by atoms with Crippen molar-refractivity contribution in [1.82, 2.24) is 14.6 Å². The fourth-order valence-electron chi connectivity index (χ4n) is 3.76. The second-order valence-corrected chi connectivity index (χ2v) is 7.69. The summed E-state index contributed by atoms with van der Waals surface area (Å²) in [5, 5.41) is 4.57. The van der Waals surface area contributed by atoms with Crippen LogP contribution in [-0.4, -0.2) is 46.9 Å². The highest BCUT2D eigenvalue weighted by Crippen LogP contribution is 2.34. The van der Waals surface area contributed by atoms with E-state index in [2.05, 4.69) is 10.1 Å². The molecule has 0 bridgehead atoms. The Hall–Kier alpha value is -3.29. The van der Waals surface area contributed by atoms with Gasteiger partial charge in [0, 0.05) is 43.3 Å². The van der Waals surface area contributed by atoms with E-state index in [0.29, 0.717) is 54.4 Å². The van der Waals surface area contributed by atoms with Gasteiger partial charge in [0.15, 0.2) is 23.0 Å². The van der Waals surface area contributed by atoms with Crippen molar-refractivity contribution in [3.05, 3.63) is 51.4 Å². The number of aryl methyl sites for hydroxylation is 2. The van der Waals surface area contributed by atoms with Gasteiger partial charge in [-0.05, 0) is 44.5 Å². The number of benzene rings is 1. The molecule has 8 heteroatoms. The van der Waals surface area contributed by atoms with Gasteiger partial charge in [0.1, 0.15) is 24.9 Å². The Labute approximate surface area is 187 Å². The van der Waals surface area contributed by atoms with Crippen LogP contribution in [0.25, 0.3) is 5.65 Å². The number of anilines is 1. The molecular weight excluding hydrogens is 396 g/mol. The third kappa shape index (κ3) is 3.66. The maximum Gasteiger partial charge on any atom is 0.277 e. The fraction of sp³-hybridized carbons (Fsp3) is 0.435. The van der Waals surface area contributed by atoms with Crippen LogP contribution >= 0.6 is 0 Å². The van der Waals surface area contributed by atoms with E-state index >= 15 is 0 Å². The maximum absolute atomic E-state index is 12.7. The number of aromatic nitrogens is 3. The van der Waals surface area contributed by atoms with Gasteiger partial charge in [-0.25, -0.2) is 4.98 Å². The standard InChI is InChI=1S/C23H26N4O4/c1-14-12-21-24-16(3)15(2)23(28)27(21)25-22(14)26-8-6-17(7-9-26)31-18-4-5-19-20(13-18)30-11-10-29-19/h4-5,12-13,17H,6-11H2,1-3H3/i10D2,11D2,17D. The minimum Gasteiger partial charge on any atom is -0.490 e. The molecular formula is C23H26N4O4. The number of nitrogens with zero attached hydrogens (tertiary/aromatic N) is 4. The molecule has 1 aromatic carbocycles. The molecule has 0 N–H and O–H groups in total. The van der Waals surface area contributed by atoms with E-state index in [0.717, 1.165) is 5.56 Å². The lowest BCUT2D eigenvalue weighted by Crippen LogP contribution is -2.39. The number of hydrogen-bond donors (Lipinski definition) is 0. The summed E-state index contributed by atoms with van der Waals surface area (Å²) in [6, 6.07) is 6.23. The summed E-state index contributed by atoms with van der Waals surface area (Å²) in [6.45, 7) is 1.08. The van der Waals surface area contributed by atoms with Crippen molar-refractivity contribution in [3.8, 4) is 17.2 Å². The molecule has 0 atom stereocenters. The smallest absolute Gasteiger partial charge is 0.277 e. The Morgan fingerprint density at radius 1 is 1.13 bits per heavy atom. The second kappa shape index (κ2) is 7.76. The Morgan fingerprint density at radius 2 is 1.87 bits per heavy atom. The number of piperidine rings is 1. The first-order valence-corrected chi connectivity index (χ1v) is 10.1. The van der Waals surface area contributed by atoms with Gasteiger partial charge in [0.05, 0.1) is 6.85 Å². The number of fused-ring (bicyclic) bond motifs is 2. The Balaban J connectivity index is 1.33. The third-order valence-corrected chi connectivity index (χ3v) is 5.61. The fourth-order valence-corrected chi connectivity index (χ4v) is 3.76.